The lowest BCUT2D eigenvalue weighted by molar-refractivity contribution is 0.148. The van der Waals surface area contributed by atoms with Gasteiger partial charge in [-0.3, -0.25) is 0 Å². The van der Waals surface area contributed by atoms with Gasteiger partial charge >= 0.3 is 0 Å². The molecule has 16 heavy (non-hydrogen) atoms. The van der Waals surface area contributed by atoms with E-state index in [4.69, 9.17) is 4.74 Å². The van der Waals surface area contributed by atoms with Gasteiger partial charge in [-0.1, -0.05) is 43.3 Å². The highest BCUT2D eigenvalue weighted by Gasteiger charge is 1.95. The van der Waals surface area contributed by atoms with E-state index in [0.717, 1.165) is 13.1 Å². The van der Waals surface area contributed by atoms with E-state index in [1.165, 1.54) is 11.1 Å². The minimum atomic E-state index is 0.685. The predicted molar refractivity (Wildman–Crippen MR) is 68.3 cm³/mol. The zero-order valence-electron chi connectivity index (χ0n) is 10.2. The maximum atomic E-state index is 5.51. The van der Waals surface area contributed by atoms with Gasteiger partial charge in [0.05, 0.1) is 13.2 Å². The molecule has 1 N–H and O–H groups in total. The molecule has 0 aliphatic heterocycles. The Labute approximate surface area is 98.3 Å². The fourth-order valence-corrected chi connectivity index (χ4v) is 1.44. The van der Waals surface area contributed by atoms with E-state index in [1.54, 1.807) is 0 Å². The van der Waals surface area contributed by atoms with E-state index >= 15 is 0 Å². The second kappa shape index (κ2) is 8.08. The number of hydrogen-bond acceptors (Lipinski definition) is 2. The molecule has 0 atom stereocenters. The normalized spacial score (nSPS) is 11.1. The molecule has 0 fully saturated rings. The van der Waals surface area contributed by atoms with E-state index in [0.29, 0.717) is 13.2 Å². The average molecular weight is 219 g/mol. The van der Waals surface area contributed by atoms with Gasteiger partial charge in [-0.25, -0.2) is 0 Å². The first kappa shape index (κ1) is 12.9. The Kier molecular flexibility index (Phi) is 6.54. The summed E-state index contributed by atoms with van der Waals surface area (Å²) in [6, 6.07) is 8.52. The number of hydrogen-bond donors (Lipinski definition) is 1. The molecule has 0 aromatic heterocycles. The summed E-state index contributed by atoms with van der Waals surface area (Å²) in [5, 5.41) is 3.32. The molecule has 0 heterocycles. The summed E-state index contributed by atoms with van der Waals surface area (Å²) in [5.41, 5.74) is 2.55. The molecule has 88 valence electrons. The summed E-state index contributed by atoms with van der Waals surface area (Å²) in [7, 11) is 0. The smallest absolute Gasteiger partial charge is 0.0721 e. The van der Waals surface area contributed by atoms with E-state index in [-0.39, 0.29) is 0 Å². The maximum Gasteiger partial charge on any atom is 0.0721 e. The van der Waals surface area contributed by atoms with Crippen LogP contribution in [0, 0.1) is 0 Å². The lowest BCUT2D eigenvalue weighted by Crippen LogP contribution is -2.11. The molecular formula is C14H21NO. The van der Waals surface area contributed by atoms with Crippen molar-refractivity contribution in [3.8, 4) is 0 Å². The first-order valence-electron chi connectivity index (χ1n) is 5.84. The first-order valence-corrected chi connectivity index (χ1v) is 5.84. The van der Waals surface area contributed by atoms with E-state index in [9.17, 15) is 0 Å². The number of allylic oxidation sites excluding steroid dienone is 1. The molecule has 0 spiro atoms. The molecule has 0 aliphatic rings. The maximum absolute atomic E-state index is 5.51. The van der Waals surface area contributed by atoms with Crippen molar-refractivity contribution in [3.05, 3.63) is 47.5 Å². The van der Waals surface area contributed by atoms with Crippen LogP contribution in [-0.4, -0.2) is 13.2 Å². The molecule has 1 aromatic carbocycles. The Morgan fingerprint density at radius 2 is 2.12 bits per heavy atom. The van der Waals surface area contributed by atoms with E-state index in [2.05, 4.69) is 36.5 Å². The molecular weight excluding hydrogens is 198 g/mol. The largest absolute Gasteiger partial charge is 0.373 e. The summed E-state index contributed by atoms with van der Waals surface area (Å²) in [4.78, 5) is 0. The molecule has 1 aromatic rings. The van der Waals surface area contributed by atoms with Gasteiger partial charge in [0.15, 0.2) is 0 Å². The van der Waals surface area contributed by atoms with Crippen LogP contribution < -0.4 is 5.32 Å². The fourth-order valence-electron chi connectivity index (χ4n) is 1.44. The van der Waals surface area contributed by atoms with E-state index in [1.807, 2.05) is 19.1 Å². The van der Waals surface area contributed by atoms with Gasteiger partial charge in [0, 0.05) is 6.54 Å². The topological polar surface area (TPSA) is 21.3 Å². The van der Waals surface area contributed by atoms with Gasteiger partial charge in [-0.2, -0.15) is 0 Å². The van der Waals surface area contributed by atoms with Crippen LogP contribution in [0.25, 0.3) is 0 Å². The number of ether oxygens (including phenoxy) is 1. The van der Waals surface area contributed by atoms with Crippen LogP contribution >= 0.6 is 0 Å². The lowest BCUT2D eigenvalue weighted by atomic mass is 10.1. The third-order valence-electron chi connectivity index (χ3n) is 2.29. The predicted octanol–water partition coefficient (Wildman–Crippen LogP) is 2.89. The van der Waals surface area contributed by atoms with Crippen molar-refractivity contribution in [1.29, 1.82) is 0 Å². The Bertz CT molecular complexity index is 320. The Hall–Kier alpha value is -1.12. The van der Waals surface area contributed by atoms with Gasteiger partial charge in [-0.05, 0) is 24.6 Å². The second-order valence-electron chi connectivity index (χ2n) is 3.68. The van der Waals surface area contributed by atoms with Gasteiger partial charge in [-0.15, -0.1) is 0 Å². The van der Waals surface area contributed by atoms with Crippen molar-refractivity contribution >= 4 is 0 Å². The Morgan fingerprint density at radius 1 is 1.31 bits per heavy atom. The number of benzene rings is 1. The highest BCUT2D eigenvalue weighted by Crippen LogP contribution is 2.06. The molecule has 0 aliphatic carbocycles. The van der Waals surface area contributed by atoms with Crippen molar-refractivity contribution in [2.75, 3.05) is 13.2 Å². The van der Waals surface area contributed by atoms with Crippen LogP contribution in [0.15, 0.2) is 36.4 Å². The van der Waals surface area contributed by atoms with Crippen molar-refractivity contribution in [2.45, 2.75) is 27.0 Å². The SMILES string of the molecule is CC=CCOCc1cccc(CNCC)c1. The number of nitrogens with one attached hydrogen (secondary N) is 1. The summed E-state index contributed by atoms with van der Waals surface area (Å²) in [5.74, 6) is 0. The van der Waals surface area contributed by atoms with Gasteiger partial charge in [0.25, 0.3) is 0 Å². The highest BCUT2D eigenvalue weighted by molar-refractivity contribution is 5.22. The van der Waals surface area contributed by atoms with Crippen molar-refractivity contribution in [3.63, 3.8) is 0 Å². The molecule has 0 amide bonds. The van der Waals surface area contributed by atoms with Crippen LogP contribution in [0.4, 0.5) is 0 Å². The Morgan fingerprint density at radius 3 is 2.88 bits per heavy atom. The van der Waals surface area contributed by atoms with Crippen LogP contribution in [0.5, 0.6) is 0 Å². The molecule has 2 nitrogen and oxygen atoms in total. The molecule has 0 saturated carbocycles. The molecule has 1 rings (SSSR count). The monoisotopic (exact) mass is 219 g/mol. The summed E-state index contributed by atoms with van der Waals surface area (Å²) >= 11 is 0. The van der Waals surface area contributed by atoms with Crippen LogP contribution in [0.1, 0.15) is 25.0 Å². The third-order valence-corrected chi connectivity index (χ3v) is 2.29. The van der Waals surface area contributed by atoms with Gasteiger partial charge in [0.1, 0.15) is 0 Å². The summed E-state index contributed by atoms with van der Waals surface area (Å²) in [6.45, 7) is 7.42. The summed E-state index contributed by atoms with van der Waals surface area (Å²) in [6.07, 6.45) is 4.02. The van der Waals surface area contributed by atoms with Crippen molar-refractivity contribution in [1.82, 2.24) is 5.32 Å². The molecule has 0 bridgehead atoms. The highest BCUT2D eigenvalue weighted by atomic mass is 16.5. The van der Waals surface area contributed by atoms with E-state index < -0.39 is 0 Å². The van der Waals surface area contributed by atoms with Gasteiger partial charge in [0.2, 0.25) is 0 Å². The Balaban J connectivity index is 2.40. The molecule has 2 heteroatoms. The van der Waals surface area contributed by atoms with Gasteiger partial charge < -0.3 is 10.1 Å². The standard InChI is InChI=1S/C14H21NO/c1-3-5-9-16-12-14-8-6-7-13(10-14)11-15-4-2/h3,5-8,10,15H,4,9,11-12H2,1-2H3. The molecule has 0 saturated heterocycles. The minimum absolute atomic E-state index is 0.685. The first-order chi connectivity index (χ1) is 7.86. The van der Waals surface area contributed by atoms with Crippen LogP contribution in [0.2, 0.25) is 0 Å². The van der Waals surface area contributed by atoms with Crippen LogP contribution in [-0.2, 0) is 17.9 Å². The molecule has 0 unspecified atom stereocenters. The zero-order valence-corrected chi connectivity index (χ0v) is 10.2. The summed E-state index contributed by atoms with van der Waals surface area (Å²) < 4.78 is 5.51. The lowest BCUT2D eigenvalue weighted by Gasteiger charge is -2.06. The number of rotatable bonds is 7. The quantitative estimate of drug-likeness (QED) is 0.562. The van der Waals surface area contributed by atoms with Crippen molar-refractivity contribution in [2.24, 2.45) is 0 Å². The van der Waals surface area contributed by atoms with Crippen molar-refractivity contribution < 1.29 is 4.74 Å². The minimum Gasteiger partial charge on any atom is -0.373 e. The zero-order chi connectivity index (χ0) is 11.6. The van der Waals surface area contributed by atoms with Crippen LogP contribution in [0.3, 0.4) is 0 Å². The third kappa shape index (κ3) is 5.10. The fraction of sp³-hybridized carbons (Fsp3) is 0.429. The molecule has 0 radical (unpaired) electrons. The second-order valence-corrected chi connectivity index (χ2v) is 3.68. The average Bonchev–Trinajstić information content (AvgIpc) is 2.33.